The third-order valence-corrected chi connectivity index (χ3v) is 5.01. The Morgan fingerprint density at radius 1 is 1.23 bits per heavy atom. The molecule has 138 valence electrons. The summed E-state index contributed by atoms with van der Waals surface area (Å²) in [5.74, 6) is 2.50. The van der Waals surface area contributed by atoms with Crippen LogP contribution in [0.5, 0.6) is 0 Å². The summed E-state index contributed by atoms with van der Waals surface area (Å²) < 4.78 is 0. The first-order valence-corrected chi connectivity index (χ1v) is 9.23. The molecule has 1 unspecified atom stereocenters. The lowest BCUT2D eigenvalue weighted by Crippen LogP contribution is -2.39. The molecular weight excluding hydrogens is 322 g/mol. The molecule has 1 saturated heterocycles. The Morgan fingerprint density at radius 3 is 2.77 bits per heavy atom. The lowest BCUT2D eigenvalue weighted by atomic mass is 9.94. The third-order valence-electron chi connectivity index (χ3n) is 5.01. The lowest BCUT2D eigenvalue weighted by Gasteiger charge is -2.22. The van der Waals surface area contributed by atoms with Crippen molar-refractivity contribution in [3.05, 3.63) is 59.3 Å². The van der Waals surface area contributed by atoms with Gasteiger partial charge in [0.15, 0.2) is 5.96 Å². The second kappa shape index (κ2) is 8.21. The molecule has 1 aliphatic rings. The van der Waals surface area contributed by atoms with Crippen LogP contribution in [0.15, 0.2) is 47.5 Å². The predicted octanol–water partition coefficient (Wildman–Crippen LogP) is 3.02. The van der Waals surface area contributed by atoms with Crippen molar-refractivity contribution in [3.8, 4) is 0 Å². The van der Waals surface area contributed by atoms with Gasteiger partial charge in [-0.25, -0.2) is 4.98 Å². The van der Waals surface area contributed by atoms with Crippen molar-refractivity contribution in [2.24, 2.45) is 4.99 Å². The fourth-order valence-electron chi connectivity index (χ4n) is 3.57. The van der Waals surface area contributed by atoms with E-state index in [-0.39, 0.29) is 0 Å². The molecule has 0 radical (unpaired) electrons. The second-order valence-corrected chi connectivity index (χ2v) is 7.07. The van der Waals surface area contributed by atoms with Crippen LogP contribution in [-0.4, -0.2) is 50.1 Å². The van der Waals surface area contributed by atoms with Crippen molar-refractivity contribution >= 4 is 11.8 Å². The van der Waals surface area contributed by atoms with E-state index in [1.807, 2.05) is 44.2 Å². The number of hydrogen-bond donors (Lipinski definition) is 1. The van der Waals surface area contributed by atoms with E-state index in [2.05, 4.69) is 51.4 Å². The summed E-state index contributed by atoms with van der Waals surface area (Å²) in [5, 5.41) is 3.48. The Morgan fingerprint density at radius 2 is 2.04 bits per heavy atom. The van der Waals surface area contributed by atoms with Crippen LogP contribution in [-0.2, 0) is 6.54 Å². The summed E-state index contributed by atoms with van der Waals surface area (Å²) in [6.45, 7) is 4.92. The summed E-state index contributed by atoms with van der Waals surface area (Å²) in [6.07, 6.45) is 1.17. The molecule has 3 rings (SSSR count). The Kier molecular flexibility index (Phi) is 5.76. The van der Waals surface area contributed by atoms with Gasteiger partial charge in [0.25, 0.3) is 0 Å². The van der Waals surface area contributed by atoms with E-state index >= 15 is 0 Å². The van der Waals surface area contributed by atoms with Crippen LogP contribution in [0, 0.1) is 6.92 Å². The first-order chi connectivity index (χ1) is 12.6. The average Bonchev–Trinajstić information content (AvgIpc) is 3.12. The van der Waals surface area contributed by atoms with Crippen molar-refractivity contribution < 1.29 is 0 Å². The van der Waals surface area contributed by atoms with E-state index in [9.17, 15) is 0 Å². The summed E-state index contributed by atoms with van der Waals surface area (Å²) in [5.41, 5.74) is 3.87. The number of aromatic nitrogens is 1. The molecule has 1 fully saturated rings. The highest BCUT2D eigenvalue weighted by atomic mass is 15.3. The van der Waals surface area contributed by atoms with Gasteiger partial charge >= 0.3 is 0 Å². The van der Waals surface area contributed by atoms with Crippen LogP contribution in [0.2, 0.25) is 0 Å². The van der Waals surface area contributed by atoms with Crippen molar-refractivity contribution in [2.75, 3.05) is 39.1 Å². The molecule has 1 aromatic carbocycles. The van der Waals surface area contributed by atoms with Crippen LogP contribution in [0.25, 0.3) is 0 Å². The first-order valence-electron chi connectivity index (χ1n) is 9.23. The van der Waals surface area contributed by atoms with Crippen LogP contribution >= 0.6 is 0 Å². The van der Waals surface area contributed by atoms with Crippen molar-refractivity contribution in [1.82, 2.24) is 15.2 Å². The van der Waals surface area contributed by atoms with E-state index in [1.165, 1.54) is 17.5 Å². The second-order valence-electron chi connectivity index (χ2n) is 7.07. The SMILES string of the molecule is CN=C(NCc1cccc(N(C)C)n1)N1CCC(c2ccccc2C)C1. The first kappa shape index (κ1) is 18.2. The van der Waals surface area contributed by atoms with Gasteiger partial charge in [0.1, 0.15) is 5.82 Å². The molecule has 0 spiro atoms. The Labute approximate surface area is 156 Å². The molecule has 5 nitrogen and oxygen atoms in total. The van der Waals surface area contributed by atoms with Gasteiger partial charge in [0.2, 0.25) is 0 Å². The zero-order valence-electron chi connectivity index (χ0n) is 16.2. The van der Waals surface area contributed by atoms with Gasteiger partial charge in [-0.1, -0.05) is 30.3 Å². The standard InChI is InChI=1S/C21H29N5/c1-16-8-5-6-10-19(16)17-12-13-26(15-17)21(22-2)23-14-18-9-7-11-20(24-18)25(3)4/h5-11,17H,12-15H2,1-4H3,(H,22,23). The number of pyridine rings is 1. The number of nitrogens with one attached hydrogen (secondary N) is 1. The number of rotatable bonds is 4. The fraction of sp³-hybridized carbons (Fsp3) is 0.429. The average molecular weight is 351 g/mol. The maximum Gasteiger partial charge on any atom is 0.193 e. The number of benzene rings is 1. The third kappa shape index (κ3) is 4.15. The minimum absolute atomic E-state index is 0.574. The summed E-state index contributed by atoms with van der Waals surface area (Å²) in [6, 6.07) is 14.8. The van der Waals surface area contributed by atoms with Crippen molar-refractivity contribution in [3.63, 3.8) is 0 Å². The highest BCUT2D eigenvalue weighted by molar-refractivity contribution is 5.80. The number of nitrogens with zero attached hydrogens (tertiary/aromatic N) is 4. The zero-order valence-corrected chi connectivity index (χ0v) is 16.2. The summed E-state index contributed by atoms with van der Waals surface area (Å²) in [4.78, 5) is 13.5. The molecule has 2 aromatic rings. The van der Waals surface area contributed by atoms with Gasteiger partial charge in [-0.15, -0.1) is 0 Å². The highest BCUT2D eigenvalue weighted by Crippen LogP contribution is 2.29. The Bertz CT molecular complexity index is 769. The molecule has 0 aliphatic carbocycles. The summed E-state index contributed by atoms with van der Waals surface area (Å²) >= 11 is 0. The quantitative estimate of drug-likeness (QED) is 0.679. The number of likely N-dealkylation sites (tertiary alicyclic amines) is 1. The molecule has 1 N–H and O–H groups in total. The molecule has 26 heavy (non-hydrogen) atoms. The van der Waals surface area contributed by atoms with E-state index < -0.39 is 0 Å². The number of anilines is 1. The molecule has 0 bridgehead atoms. The van der Waals surface area contributed by atoms with Crippen LogP contribution in [0.3, 0.4) is 0 Å². The summed E-state index contributed by atoms with van der Waals surface area (Å²) in [7, 11) is 5.87. The van der Waals surface area contributed by atoms with Gasteiger partial charge < -0.3 is 15.1 Å². The zero-order chi connectivity index (χ0) is 18.5. The number of aliphatic imine (C=N–C) groups is 1. The molecular formula is C21H29N5. The van der Waals surface area contributed by atoms with Crippen LogP contribution in [0.4, 0.5) is 5.82 Å². The minimum Gasteiger partial charge on any atom is -0.363 e. The normalized spacial score (nSPS) is 17.5. The van der Waals surface area contributed by atoms with E-state index in [0.717, 1.165) is 30.6 Å². The number of aryl methyl sites for hydroxylation is 1. The van der Waals surface area contributed by atoms with Gasteiger partial charge in [-0.2, -0.15) is 0 Å². The van der Waals surface area contributed by atoms with Crippen molar-refractivity contribution in [2.45, 2.75) is 25.8 Å². The minimum atomic E-state index is 0.574. The van der Waals surface area contributed by atoms with Crippen LogP contribution in [0.1, 0.15) is 29.2 Å². The highest BCUT2D eigenvalue weighted by Gasteiger charge is 2.26. The molecule has 1 aromatic heterocycles. The number of guanidine groups is 1. The largest absolute Gasteiger partial charge is 0.363 e. The van der Waals surface area contributed by atoms with Crippen LogP contribution < -0.4 is 10.2 Å². The van der Waals surface area contributed by atoms with E-state index in [4.69, 9.17) is 0 Å². The molecule has 2 heterocycles. The Hall–Kier alpha value is -2.56. The lowest BCUT2D eigenvalue weighted by molar-refractivity contribution is 0.485. The monoisotopic (exact) mass is 351 g/mol. The molecule has 5 heteroatoms. The van der Waals surface area contributed by atoms with Gasteiger partial charge in [-0.3, -0.25) is 4.99 Å². The maximum atomic E-state index is 4.67. The van der Waals surface area contributed by atoms with Crippen molar-refractivity contribution in [1.29, 1.82) is 0 Å². The topological polar surface area (TPSA) is 43.8 Å². The molecule has 0 saturated carbocycles. The predicted molar refractivity (Wildman–Crippen MR) is 109 cm³/mol. The number of hydrogen-bond acceptors (Lipinski definition) is 3. The van der Waals surface area contributed by atoms with E-state index in [0.29, 0.717) is 12.5 Å². The molecule has 1 aliphatic heterocycles. The van der Waals surface area contributed by atoms with Gasteiger partial charge in [0, 0.05) is 40.2 Å². The molecule has 0 amide bonds. The maximum absolute atomic E-state index is 4.67. The van der Waals surface area contributed by atoms with Gasteiger partial charge in [0.05, 0.1) is 12.2 Å². The van der Waals surface area contributed by atoms with Gasteiger partial charge in [-0.05, 0) is 36.6 Å². The van der Waals surface area contributed by atoms with E-state index in [1.54, 1.807) is 0 Å². The smallest absolute Gasteiger partial charge is 0.193 e. The Balaban J connectivity index is 1.62. The fourth-order valence-corrected chi connectivity index (χ4v) is 3.57. The molecule has 1 atom stereocenters.